The average Bonchev–Trinajstić information content (AvgIpc) is 2.91. The predicted octanol–water partition coefficient (Wildman–Crippen LogP) is 1.30. The summed E-state index contributed by atoms with van der Waals surface area (Å²) in [5.41, 5.74) is 3.77. The third kappa shape index (κ3) is 2.38. The highest BCUT2D eigenvalue weighted by Gasteiger charge is 2.28. The van der Waals surface area contributed by atoms with Crippen LogP contribution < -0.4 is 16.7 Å². The highest BCUT2D eigenvalue weighted by atomic mass is 16.2. The Morgan fingerprint density at radius 2 is 2.00 bits per heavy atom. The molecule has 1 N–H and O–H groups in total. The van der Waals surface area contributed by atoms with E-state index in [0.29, 0.717) is 23.7 Å². The quantitative estimate of drug-likeness (QED) is 0.841. The van der Waals surface area contributed by atoms with Crippen molar-refractivity contribution in [2.45, 2.75) is 40.8 Å². The van der Waals surface area contributed by atoms with Crippen LogP contribution in [0.1, 0.15) is 27.7 Å². The van der Waals surface area contributed by atoms with Crippen LogP contribution in [0.2, 0.25) is 0 Å². The van der Waals surface area contributed by atoms with Gasteiger partial charge >= 0.3 is 5.69 Å². The van der Waals surface area contributed by atoms with Crippen molar-refractivity contribution in [1.82, 2.24) is 18.7 Å². The van der Waals surface area contributed by atoms with Gasteiger partial charge in [-0.1, -0.05) is 32.9 Å². The molecule has 2 aromatic heterocycles. The molecule has 3 rings (SSSR count). The van der Waals surface area contributed by atoms with Gasteiger partial charge in [-0.15, -0.1) is 0 Å². The lowest BCUT2D eigenvalue weighted by molar-refractivity contribution is 0.562. The topological polar surface area (TPSA) is 86.2 Å². The number of hydrazone groups is 1. The smallest absolute Gasteiger partial charge is 0.297 e. The fraction of sp³-hybridized carbons (Fsp3) is 0.500. The first-order chi connectivity index (χ1) is 11.3. The van der Waals surface area contributed by atoms with Crippen LogP contribution in [0.3, 0.4) is 0 Å². The third-order valence-corrected chi connectivity index (χ3v) is 4.22. The summed E-state index contributed by atoms with van der Waals surface area (Å²) in [4.78, 5) is 29.7. The molecular weight excluding hydrogens is 308 g/mol. The zero-order valence-electron chi connectivity index (χ0n) is 14.6. The fourth-order valence-corrected chi connectivity index (χ4v) is 2.69. The summed E-state index contributed by atoms with van der Waals surface area (Å²) in [5.74, 6) is 0.480. The lowest BCUT2D eigenvalue weighted by atomic mass is 9.90. The van der Waals surface area contributed by atoms with Crippen LogP contribution in [0.25, 0.3) is 11.2 Å². The van der Waals surface area contributed by atoms with Gasteiger partial charge in [-0.05, 0) is 6.92 Å². The third-order valence-electron chi connectivity index (χ3n) is 4.22. The Balaban J connectivity index is 2.27. The summed E-state index contributed by atoms with van der Waals surface area (Å²) in [5, 5.41) is 4.37. The van der Waals surface area contributed by atoms with E-state index in [1.54, 1.807) is 17.7 Å². The Morgan fingerprint density at radius 1 is 1.29 bits per heavy atom. The molecule has 0 radical (unpaired) electrons. The van der Waals surface area contributed by atoms with Crippen molar-refractivity contribution in [3.05, 3.63) is 33.0 Å². The van der Waals surface area contributed by atoms with E-state index in [2.05, 4.69) is 36.3 Å². The highest BCUT2D eigenvalue weighted by Crippen LogP contribution is 2.25. The van der Waals surface area contributed by atoms with E-state index < -0.39 is 0 Å². The van der Waals surface area contributed by atoms with Gasteiger partial charge in [0, 0.05) is 19.0 Å². The monoisotopic (exact) mass is 330 g/mol. The van der Waals surface area contributed by atoms with Crippen molar-refractivity contribution in [1.29, 1.82) is 0 Å². The number of rotatable bonds is 2. The number of aromatic nitrogens is 4. The number of fused-ring (bicyclic) bond motifs is 3. The molecule has 1 aliphatic rings. The largest absolute Gasteiger partial charge is 0.332 e. The van der Waals surface area contributed by atoms with Crippen LogP contribution in [-0.4, -0.2) is 24.4 Å². The van der Waals surface area contributed by atoms with Crippen LogP contribution in [-0.2, 0) is 20.1 Å². The molecule has 0 aliphatic carbocycles. The first kappa shape index (κ1) is 16.2. The molecule has 0 saturated heterocycles. The van der Waals surface area contributed by atoms with Crippen LogP contribution in [0.5, 0.6) is 0 Å². The molecule has 0 aromatic carbocycles. The van der Waals surface area contributed by atoms with Crippen molar-refractivity contribution in [2.24, 2.45) is 17.6 Å². The molecule has 8 nitrogen and oxygen atoms in total. The van der Waals surface area contributed by atoms with Gasteiger partial charge in [0.25, 0.3) is 5.56 Å². The Bertz CT molecular complexity index is 981. The van der Waals surface area contributed by atoms with E-state index >= 15 is 0 Å². The molecule has 128 valence electrons. The molecule has 3 heterocycles. The van der Waals surface area contributed by atoms with Gasteiger partial charge in [-0.25, -0.2) is 10.2 Å². The van der Waals surface area contributed by atoms with E-state index in [1.165, 1.54) is 9.13 Å². The van der Waals surface area contributed by atoms with Crippen LogP contribution in [0.15, 0.2) is 26.8 Å². The molecule has 0 spiro atoms. The molecular formula is C16H22N6O2. The highest BCUT2D eigenvalue weighted by molar-refractivity contribution is 5.92. The van der Waals surface area contributed by atoms with Crippen molar-refractivity contribution >= 4 is 22.8 Å². The minimum Gasteiger partial charge on any atom is -0.297 e. The Hall–Kier alpha value is -2.64. The van der Waals surface area contributed by atoms with Crippen molar-refractivity contribution in [3.8, 4) is 0 Å². The summed E-state index contributed by atoms with van der Waals surface area (Å²) >= 11 is 0. The van der Waals surface area contributed by atoms with E-state index in [1.807, 2.05) is 13.0 Å². The lowest BCUT2D eigenvalue weighted by Crippen LogP contribution is -2.40. The molecule has 24 heavy (non-hydrogen) atoms. The molecule has 0 amide bonds. The minimum absolute atomic E-state index is 0.133. The zero-order chi connectivity index (χ0) is 17.6. The minimum atomic E-state index is -0.377. The number of nitrogens with zero attached hydrogens (tertiary/aromatic N) is 5. The maximum Gasteiger partial charge on any atom is 0.332 e. The Morgan fingerprint density at radius 3 is 2.62 bits per heavy atom. The molecule has 0 atom stereocenters. The average molecular weight is 330 g/mol. The second-order valence-electron chi connectivity index (χ2n) is 6.94. The van der Waals surface area contributed by atoms with Gasteiger partial charge in [0.05, 0.1) is 12.3 Å². The van der Waals surface area contributed by atoms with E-state index in [0.717, 1.165) is 5.71 Å². The molecule has 2 aromatic rings. The summed E-state index contributed by atoms with van der Waals surface area (Å²) in [7, 11) is 1.63. The molecule has 8 heteroatoms. The number of nitrogens with one attached hydrogen (secondary N) is 1. The fourth-order valence-electron chi connectivity index (χ4n) is 2.69. The molecule has 0 fully saturated rings. The number of hydrogen-bond acceptors (Lipinski definition) is 5. The first-order valence-electron chi connectivity index (χ1n) is 7.90. The maximum absolute atomic E-state index is 12.9. The molecule has 0 unspecified atom stereocenters. The van der Waals surface area contributed by atoms with Crippen LogP contribution in [0.4, 0.5) is 5.95 Å². The van der Waals surface area contributed by atoms with E-state index in [4.69, 9.17) is 0 Å². The standard InChI is InChI=1S/C16H22N6O2/c1-6-7-8-21-13(23)11-12(20(5)15(21)24)17-14-19-18-10(9-22(11)14)16(2,3)4/h6-7H,8-9H2,1-5H3,(H,17,19)/b7-6+. The predicted molar refractivity (Wildman–Crippen MR) is 94.6 cm³/mol. The van der Waals surface area contributed by atoms with Crippen molar-refractivity contribution < 1.29 is 0 Å². The number of aryl methyl sites for hydroxylation is 1. The lowest BCUT2D eigenvalue weighted by Gasteiger charge is -2.25. The number of allylic oxidation sites excluding steroid dienone is 2. The molecule has 1 aliphatic heterocycles. The zero-order valence-corrected chi connectivity index (χ0v) is 14.6. The van der Waals surface area contributed by atoms with Gasteiger partial charge in [-0.3, -0.25) is 18.5 Å². The normalized spacial score (nSPS) is 14.8. The first-order valence-corrected chi connectivity index (χ1v) is 7.90. The summed E-state index contributed by atoms with van der Waals surface area (Å²) in [6, 6.07) is 0. The van der Waals surface area contributed by atoms with E-state index in [9.17, 15) is 9.59 Å². The van der Waals surface area contributed by atoms with Crippen LogP contribution >= 0.6 is 0 Å². The number of imidazole rings is 1. The van der Waals surface area contributed by atoms with Crippen LogP contribution in [0, 0.1) is 5.41 Å². The maximum atomic E-state index is 12.9. The van der Waals surface area contributed by atoms with E-state index in [-0.39, 0.29) is 23.2 Å². The van der Waals surface area contributed by atoms with Gasteiger partial charge in [0.2, 0.25) is 5.95 Å². The Labute approximate surface area is 139 Å². The van der Waals surface area contributed by atoms with Gasteiger partial charge in [0.1, 0.15) is 0 Å². The second-order valence-corrected chi connectivity index (χ2v) is 6.94. The van der Waals surface area contributed by atoms with Gasteiger partial charge in [0.15, 0.2) is 11.2 Å². The molecule has 0 bridgehead atoms. The second kappa shape index (κ2) is 5.47. The SMILES string of the molecule is C/C=C/Cn1c(=O)c2c(nc3n2CC(C(C)(C)C)=NN3)n(C)c1=O. The molecule has 0 saturated carbocycles. The van der Waals surface area contributed by atoms with Gasteiger partial charge in [-0.2, -0.15) is 10.1 Å². The number of anilines is 1. The summed E-state index contributed by atoms with van der Waals surface area (Å²) in [6.45, 7) is 8.77. The summed E-state index contributed by atoms with van der Waals surface area (Å²) < 4.78 is 4.43. The van der Waals surface area contributed by atoms with Crippen molar-refractivity contribution in [2.75, 3.05) is 5.43 Å². The summed E-state index contributed by atoms with van der Waals surface area (Å²) in [6.07, 6.45) is 3.59. The Kier molecular flexibility index (Phi) is 3.70. The van der Waals surface area contributed by atoms with Gasteiger partial charge < -0.3 is 0 Å². The number of hydrogen-bond donors (Lipinski definition) is 1. The van der Waals surface area contributed by atoms with Crippen molar-refractivity contribution in [3.63, 3.8) is 0 Å².